The monoisotopic (exact) mass is 364 g/mol. The zero-order chi connectivity index (χ0) is 19.2. The van der Waals surface area contributed by atoms with Crippen LogP contribution in [0.15, 0.2) is 48.5 Å². The second kappa shape index (κ2) is 8.22. The number of hydrogen-bond donors (Lipinski definition) is 2. The van der Waals surface area contributed by atoms with Gasteiger partial charge in [0.25, 0.3) is 5.91 Å². The Bertz CT molecular complexity index is 966. The lowest BCUT2D eigenvalue weighted by Crippen LogP contribution is -2.16. The Kier molecular flexibility index (Phi) is 5.55. The third-order valence-corrected chi connectivity index (χ3v) is 3.96. The zero-order valence-electron chi connectivity index (χ0n) is 15.1. The van der Waals surface area contributed by atoms with Gasteiger partial charge in [-0.2, -0.15) is 4.68 Å². The molecule has 0 aliphatic rings. The summed E-state index contributed by atoms with van der Waals surface area (Å²) in [5.74, 6) is 0.297. The van der Waals surface area contributed by atoms with Crippen LogP contribution in [0.2, 0.25) is 0 Å². The number of nitrogens with zero attached hydrogens (tertiary/aromatic N) is 4. The van der Waals surface area contributed by atoms with Crippen molar-refractivity contribution in [2.75, 3.05) is 10.6 Å². The van der Waals surface area contributed by atoms with E-state index >= 15 is 0 Å². The molecule has 0 saturated carbocycles. The van der Waals surface area contributed by atoms with Crippen molar-refractivity contribution >= 4 is 23.2 Å². The molecule has 0 radical (unpaired) electrons. The summed E-state index contributed by atoms with van der Waals surface area (Å²) in [5.41, 5.74) is 2.29. The van der Waals surface area contributed by atoms with Gasteiger partial charge < -0.3 is 10.6 Å². The Labute approximate surface area is 156 Å². The van der Waals surface area contributed by atoms with E-state index in [1.54, 1.807) is 41.9 Å². The molecule has 2 amide bonds. The molecular weight excluding hydrogens is 344 g/mol. The third kappa shape index (κ3) is 4.17. The van der Waals surface area contributed by atoms with Crippen LogP contribution in [-0.2, 0) is 11.2 Å². The molecule has 8 heteroatoms. The first kappa shape index (κ1) is 18.2. The number of rotatable bonds is 6. The number of carbonyl (C=O) groups excluding carboxylic acids is 2. The first-order chi connectivity index (χ1) is 13.1. The minimum Gasteiger partial charge on any atom is -0.326 e. The predicted octanol–water partition coefficient (Wildman–Crippen LogP) is 2.83. The van der Waals surface area contributed by atoms with Crippen LogP contribution in [0.5, 0.6) is 0 Å². The van der Waals surface area contributed by atoms with Crippen molar-refractivity contribution in [3.05, 3.63) is 59.9 Å². The molecule has 0 bridgehead atoms. The number of carbonyl (C=O) groups is 2. The van der Waals surface area contributed by atoms with Crippen LogP contribution in [-0.4, -0.2) is 32.0 Å². The summed E-state index contributed by atoms with van der Waals surface area (Å²) in [5, 5.41) is 17.3. The number of aryl methyl sites for hydroxylation is 1. The van der Waals surface area contributed by atoms with Gasteiger partial charge in [0.1, 0.15) is 0 Å². The molecule has 0 saturated heterocycles. The van der Waals surface area contributed by atoms with Gasteiger partial charge in [0, 0.05) is 24.1 Å². The number of aromatic nitrogens is 4. The standard InChI is InChI=1S/C19H20N6O2/c1-3-17-22-23-24-25(17)16-11-6-5-10-15(16)21-19(27)13-8-7-9-14(12-13)20-18(26)4-2/h5-12H,3-4H2,1-2H3,(H,20,26)(H,21,27). The molecule has 8 nitrogen and oxygen atoms in total. The van der Waals surface area contributed by atoms with E-state index in [1.807, 2.05) is 25.1 Å². The minimum atomic E-state index is -0.291. The lowest BCUT2D eigenvalue weighted by molar-refractivity contribution is -0.115. The molecular formula is C19H20N6O2. The molecule has 138 valence electrons. The first-order valence-corrected chi connectivity index (χ1v) is 8.70. The van der Waals surface area contributed by atoms with Crippen LogP contribution >= 0.6 is 0 Å². The first-order valence-electron chi connectivity index (χ1n) is 8.70. The molecule has 27 heavy (non-hydrogen) atoms. The fourth-order valence-corrected chi connectivity index (χ4v) is 2.56. The molecule has 0 aliphatic heterocycles. The van der Waals surface area contributed by atoms with Crippen molar-refractivity contribution in [3.63, 3.8) is 0 Å². The summed E-state index contributed by atoms with van der Waals surface area (Å²) in [6.07, 6.45) is 1.03. The number of para-hydroxylation sites is 2. The van der Waals surface area contributed by atoms with Crippen LogP contribution < -0.4 is 10.6 Å². The largest absolute Gasteiger partial charge is 0.326 e. The summed E-state index contributed by atoms with van der Waals surface area (Å²) in [6, 6.07) is 14.1. The molecule has 0 aliphatic carbocycles. The lowest BCUT2D eigenvalue weighted by Gasteiger charge is -2.12. The molecule has 3 rings (SSSR count). The van der Waals surface area contributed by atoms with E-state index in [1.165, 1.54) is 0 Å². The third-order valence-electron chi connectivity index (χ3n) is 3.96. The Morgan fingerprint density at radius 1 is 1.04 bits per heavy atom. The van der Waals surface area contributed by atoms with E-state index in [-0.39, 0.29) is 11.8 Å². The van der Waals surface area contributed by atoms with Gasteiger partial charge in [-0.05, 0) is 40.8 Å². The second-order valence-electron chi connectivity index (χ2n) is 5.81. The van der Waals surface area contributed by atoms with E-state index in [4.69, 9.17) is 0 Å². The normalized spacial score (nSPS) is 10.4. The topological polar surface area (TPSA) is 102 Å². The number of nitrogens with one attached hydrogen (secondary N) is 2. The van der Waals surface area contributed by atoms with Crippen molar-refractivity contribution in [1.29, 1.82) is 0 Å². The van der Waals surface area contributed by atoms with Gasteiger partial charge in [0.05, 0.1) is 11.4 Å². The molecule has 0 atom stereocenters. The maximum Gasteiger partial charge on any atom is 0.255 e. The second-order valence-corrected chi connectivity index (χ2v) is 5.81. The van der Waals surface area contributed by atoms with Crippen LogP contribution in [0.4, 0.5) is 11.4 Å². The van der Waals surface area contributed by atoms with Crippen molar-refractivity contribution in [1.82, 2.24) is 20.2 Å². The summed E-state index contributed by atoms with van der Waals surface area (Å²) < 4.78 is 1.60. The summed E-state index contributed by atoms with van der Waals surface area (Å²) in [7, 11) is 0. The fourth-order valence-electron chi connectivity index (χ4n) is 2.56. The van der Waals surface area contributed by atoms with Crippen molar-refractivity contribution in [2.45, 2.75) is 26.7 Å². The summed E-state index contributed by atoms with van der Waals surface area (Å²) in [6.45, 7) is 3.73. The maximum atomic E-state index is 12.7. The number of amides is 2. The van der Waals surface area contributed by atoms with Gasteiger partial charge in [-0.25, -0.2) is 0 Å². The summed E-state index contributed by atoms with van der Waals surface area (Å²) in [4.78, 5) is 24.3. The van der Waals surface area contributed by atoms with Gasteiger partial charge >= 0.3 is 0 Å². The molecule has 1 aromatic heterocycles. The predicted molar refractivity (Wildman–Crippen MR) is 102 cm³/mol. The molecule has 0 spiro atoms. The number of tetrazole rings is 1. The Balaban J connectivity index is 1.85. The van der Waals surface area contributed by atoms with Gasteiger partial charge in [0.15, 0.2) is 5.82 Å². The van der Waals surface area contributed by atoms with Crippen LogP contribution in [0.3, 0.4) is 0 Å². The highest BCUT2D eigenvalue weighted by Crippen LogP contribution is 2.21. The number of hydrogen-bond acceptors (Lipinski definition) is 5. The average molecular weight is 364 g/mol. The van der Waals surface area contributed by atoms with E-state index < -0.39 is 0 Å². The fraction of sp³-hybridized carbons (Fsp3) is 0.211. The van der Waals surface area contributed by atoms with Crippen molar-refractivity contribution < 1.29 is 9.59 Å². The highest BCUT2D eigenvalue weighted by molar-refractivity contribution is 6.06. The van der Waals surface area contributed by atoms with Crippen LogP contribution in [0, 0.1) is 0 Å². The van der Waals surface area contributed by atoms with Crippen molar-refractivity contribution in [2.24, 2.45) is 0 Å². The minimum absolute atomic E-state index is 0.108. The quantitative estimate of drug-likeness (QED) is 0.700. The highest BCUT2D eigenvalue weighted by atomic mass is 16.2. The lowest BCUT2D eigenvalue weighted by atomic mass is 10.1. The van der Waals surface area contributed by atoms with Gasteiger partial charge in [-0.1, -0.05) is 32.0 Å². The van der Waals surface area contributed by atoms with Gasteiger partial charge in [-0.15, -0.1) is 5.10 Å². The molecule has 1 heterocycles. The Morgan fingerprint density at radius 2 is 1.85 bits per heavy atom. The van der Waals surface area contributed by atoms with Crippen LogP contribution in [0.1, 0.15) is 36.5 Å². The Morgan fingerprint density at radius 3 is 2.63 bits per heavy atom. The van der Waals surface area contributed by atoms with Gasteiger partial charge in [-0.3, -0.25) is 9.59 Å². The molecule has 2 N–H and O–H groups in total. The maximum absolute atomic E-state index is 12.7. The van der Waals surface area contributed by atoms with E-state index in [0.29, 0.717) is 41.3 Å². The zero-order valence-corrected chi connectivity index (χ0v) is 15.1. The molecule has 0 fully saturated rings. The van der Waals surface area contributed by atoms with Gasteiger partial charge in [0.2, 0.25) is 5.91 Å². The highest BCUT2D eigenvalue weighted by Gasteiger charge is 2.14. The van der Waals surface area contributed by atoms with Crippen LogP contribution in [0.25, 0.3) is 5.69 Å². The van der Waals surface area contributed by atoms with E-state index in [0.717, 1.165) is 0 Å². The number of benzene rings is 2. The van der Waals surface area contributed by atoms with E-state index in [2.05, 4.69) is 26.2 Å². The summed E-state index contributed by atoms with van der Waals surface area (Å²) >= 11 is 0. The number of anilines is 2. The van der Waals surface area contributed by atoms with Crippen molar-refractivity contribution in [3.8, 4) is 5.69 Å². The SMILES string of the molecule is CCC(=O)Nc1cccc(C(=O)Nc2ccccc2-n2nnnc2CC)c1. The van der Waals surface area contributed by atoms with E-state index in [9.17, 15) is 9.59 Å². The Hall–Kier alpha value is -3.55. The molecule has 3 aromatic rings. The molecule has 0 unspecified atom stereocenters. The average Bonchev–Trinajstić information content (AvgIpc) is 3.17. The smallest absolute Gasteiger partial charge is 0.255 e. The molecule has 2 aromatic carbocycles.